The van der Waals surface area contributed by atoms with Crippen molar-refractivity contribution in [3.63, 3.8) is 0 Å². The minimum absolute atomic E-state index is 0.252. The first-order valence-corrected chi connectivity index (χ1v) is 5.86. The molecule has 0 aliphatic carbocycles. The number of aliphatic carboxylic acids is 1. The summed E-state index contributed by atoms with van der Waals surface area (Å²) in [5.74, 6) is -1.21. The summed E-state index contributed by atoms with van der Waals surface area (Å²) in [6.07, 6.45) is 1.20. The Kier molecular flexibility index (Phi) is 2.98. The first-order valence-electron chi connectivity index (χ1n) is 5.86. The lowest BCUT2D eigenvalue weighted by molar-refractivity contribution is -0.147. The highest BCUT2D eigenvalue weighted by molar-refractivity contribution is 5.98. The molecule has 0 bridgehead atoms. The highest BCUT2D eigenvalue weighted by Gasteiger charge is 2.45. The van der Waals surface area contributed by atoms with Crippen molar-refractivity contribution < 1.29 is 14.7 Å². The number of benzene rings is 1. The molecular weight excluding hydrogens is 232 g/mol. The number of rotatable bonds is 2. The van der Waals surface area contributed by atoms with Crippen molar-refractivity contribution in [1.82, 2.24) is 4.90 Å². The lowest BCUT2D eigenvalue weighted by Crippen LogP contribution is -2.50. The Labute approximate surface area is 105 Å². The molecular formula is C13H16N2O3. The van der Waals surface area contributed by atoms with E-state index in [-0.39, 0.29) is 5.91 Å². The van der Waals surface area contributed by atoms with E-state index in [9.17, 15) is 14.7 Å². The van der Waals surface area contributed by atoms with Crippen molar-refractivity contribution in [3.8, 4) is 0 Å². The monoisotopic (exact) mass is 248 g/mol. The second-order valence-electron chi connectivity index (χ2n) is 4.76. The van der Waals surface area contributed by atoms with Crippen LogP contribution in [0.3, 0.4) is 0 Å². The molecule has 96 valence electrons. The predicted octanol–water partition coefficient (Wildman–Crippen LogP) is 1.35. The number of carbonyl (C=O) groups excluding carboxylic acids is 1. The Hall–Kier alpha value is -2.04. The van der Waals surface area contributed by atoms with Gasteiger partial charge in [-0.3, -0.25) is 4.79 Å². The third-order valence-electron chi connectivity index (χ3n) is 3.50. The average Bonchev–Trinajstić information content (AvgIpc) is 2.73. The summed E-state index contributed by atoms with van der Waals surface area (Å²) < 4.78 is 0. The van der Waals surface area contributed by atoms with Crippen LogP contribution in [0.4, 0.5) is 5.69 Å². The Morgan fingerprint density at radius 3 is 2.50 bits per heavy atom. The van der Waals surface area contributed by atoms with Crippen LogP contribution in [0.2, 0.25) is 0 Å². The summed E-state index contributed by atoms with van der Waals surface area (Å²) in [7, 11) is 0. The van der Waals surface area contributed by atoms with E-state index in [2.05, 4.69) is 0 Å². The Balaban J connectivity index is 2.28. The van der Waals surface area contributed by atoms with Crippen LogP contribution in [-0.4, -0.2) is 34.0 Å². The molecule has 0 saturated carbocycles. The zero-order chi connectivity index (χ0) is 13.3. The topological polar surface area (TPSA) is 83.6 Å². The third kappa shape index (κ3) is 1.92. The fourth-order valence-corrected chi connectivity index (χ4v) is 2.29. The van der Waals surface area contributed by atoms with Gasteiger partial charge in [0.2, 0.25) is 0 Å². The molecule has 0 radical (unpaired) electrons. The maximum absolute atomic E-state index is 12.3. The van der Waals surface area contributed by atoms with Crippen LogP contribution in [0.1, 0.15) is 30.1 Å². The van der Waals surface area contributed by atoms with E-state index in [0.717, 1.165) is 0 Å². The number of anilines is 1. The van der Waals surface area contributed by atoms with E-state index in [1.165, 1.54) is 4.90 Å². The molecule has 18 heavy (non-hydrogen) atoms. The number of carbonyl (C=O) groups is 2. The van der Waals surface area contributed by atoms with Crippen LogP contribution in [0, 0.1) is 0 Å². The molecule has 1 aromatic carbocycles. The molecule has 1 unspecified atom stereocenters. The number of carboxylic acids is 1. The minimum Gasteiger partial charge on any atom is -0.480 e. The highest BCUT2D eigenvalue weighted by atomic mass is 16.4. The zero-order valence-corrected chi connectivity index (χ0v) is 10.2. The van der Waals surface area contributed by atoms with Gasteiger partial charge in [0.15, 0.2) is 0 Å². The molecule has 1 aromatic rings. The second-order valence-corrected chi connectivity index (χ2v) is 4.76. The van der Waals surface area contributed by atoms with Crippen LogP contribution in [-0.2, 0) is 4.79 Å². The second kappa shape index (κ2) is 4.33. The molecule has 5 heteroatoms. The molecule has 1 saturated heterocycles. The lowest BCUT2D eigenvalue weighted by atomic mass is 9.98. The normalized spacial score (nSPS) is 23.1. The van der Waals surface area contributed by atoms with Crippen molar-refractivity contribution in [2.24, 2.45) is 0 Å². The third-order valence-corrected chi connectivity index (χ3v) is 3.50. The van der Waals surface area contributed by atoms with Gasteiger partial charge in [0, 0.05) is 17.8 Å². The number of nitrogens with zero attached hydrogens (tertiary/aromatic N) is 1. The molecule has 3 N–H and O–H groups in total. The highest BCUT2D eigenvalue weighted by Crippen LogP contribution is 2.30. The molecule has 5 nitrogen and oxygen atoms in total. The number of likely N-dealkylation sites (tertiary alicyclic amines) is 1. The van der Waals surface area contributed by atoms with Crippen LogP contribution < -0.4 is 5.73 Å². The van der Waals surface area contributed by atoms with Crippen molar-refractivity contribution in [2.45, 2.75) is 25.3 Å². The molecule has 1 aliphatic rings. The first-order chi connectivity index (χ1) is 8.45. The van der Waals surface area contributed by atoms with Gasteiger partial charge in [-0.25, -0.2) is 4.79 Å². The summed E-state index contributed by atoms with van der Waals surface area (Å²) in [5, 5.41) is 9.27. The van der Waals surface area contributed by atoms with Crippen LogP contribution in [0.15, 0.2) is 24.3 Å². The van der Waals surface area contributed by atoms with E-state index < -0.39 is 11.5 Å². The van der Waals surface area contributed by atoms with Crippen LogP contribution in [0.25, 0.3) is 0 Å². The maximum atomic E-state index is 12.3. The number of nitrogens with two attached hydrogens (primary N) is 1. The first kappa shape index (κ1) is 12.4. The Morgan fingerprint density at radius 1 is 1.33 bits per heavy atom. The molecule has 0 aromatic heterocycles. The van der Waals surface area contributed by atoms with Gasteiger partial charge in [-0.15, -0.1) is 0 Å². The van der Waals surface area contributed by atoms with E-state index in [0.29, 0.717) is 30.6 Å². The summed E-state index contributed by atoms with van der Waals surface area (Å²) in [5.41, 5.74) is 5.51. The Bertz CT molecular complexity index is 484. The zero-order valence-electron chi connectivity index (χ0n) is 10.2. The van der Waals surface area contributed by atoms with E-state index in [4.69, 9.17) is 5.73 Å². The summed E-state index contributed by atoms with van der Waals surface area (Å²) in [4.78, 5) is 25.0. The molecule has 1 aliphatic heterocycles. The van der Waals surface area contributed by atoms with Crippen molar-refractivity contribution >= 4 is 17.6 Å². The van der Waals surface area contributed by atoms with Gasteiger partial charge in [-0.1, -0.05) is 0 Å². The largest absolute Gasteiger partial charge is 0.480 e. The van der Waals surface area contributed by atoms with Crippen LogP contribution in [0.5, 0.6) is 0 Å². The van der Waals surface area contributed by atoms with Gasteiger partial charge in [-0.05, 0) is 44.0 Å². The van der Waals surface area contributed by atoms with Gasteiger partial charge in [0.05, 0.1) is 0 Å². The van der Waals surface area contributed by atoms with Gasteiger partial charge < -0.3 is 15.7 Å². The maximum Gasteiger partial charge on any atom is 0.329 e. The standard InChI is InChI=1S/C13H16N2O3/c1-13(12(17)18)7-2-8-15(13)11(16)9-3-5-10(14)6-4-9/h3-6H,2,7-8,14H2,1H3,(H,17,18). The van der Waals surface area contributed by atoms with Crippen molar-refractivity contribution in [3.05, 3.63) is 29.8 Å². The molecule has 1 heterocycles. The molecule has 1 atom stereocenters. The van der Waals surface area contributed by atoms with Gasteiger partial charge in [-0.2, -0.15) is 0 Å². The number of amides is 1. The van der Waals surface area contributed by atoms with Crippen molar-refractivity contribution in [1.29, 1.82) is 0 Å². The molecule has 1 fully saturated rings. The summed E-state index contributed by atoms with van der Waals surface area (Å²) in [6, 6.07) is 6.53. The fraction of sp³-hybridized carbons (Fsp3) is 0.385. The number of carboxylic acid groups (broad SMARTS) is 1. The quantitative estimate of drug-likeness (QED) is 0.774. The van der Waals surface area contributed by atoms with E-state index in [1.54, 1.807) is 31.2 Å². The van der Waals surface area contributed by atoms with Crippen molar-refractivity contribution in [2.75, 3.05) is 12.3 Å². The van der Waals surface area contributed by atoms with E-state index in [1.807, 2.05) is 0 Å². The number of hydrogen-bond donors (Lipinski definition) is 2. The number of nitrogen functional groups attached to an aromatic ring is 1. The van der Waals surface area contributed by atoms with Crippen LogP contribution >= 0.6 is 0 Å². The van der Waals surface area contributed by atoms with E-state index >= 15 is 0 Å². The molecule has 2 rings (SSSR count). The molecule has 0 spiro atoms. The number of hydrogen-bond acceptors (Lipinski definition) is 3. The van der Waals surface area contributed by atoms with Gasteiger partial charge in [0.25, 0.3) is 5.91 Å². The SMILES string of the molecule is CC1(C(=O)O)CCCN1C(=O)c1ccc(N)cc1. The fourth-order valence-electron chi connectivity index (χ4n) is 2.29. The predicted molar refractivity (Wildman–Crippen MR) is 67.2 cm³/mol. The summed E-state index contributed by atoms with van der Waals surface area (Å²) >= 11 is 0. The average molecular weight is 248 g/mol. The smallest absolute Gasteiger partial charge is 0.329 e. The Morgan fingerprint density at radius 2 is 1.94 bits per heavy atom. The molecule has 1 amide bonds. The van der Waals surface area contributed by atoms with Gasteiger partial charge >= 0.3 is 5.97 Å². The summed E-state index contributed by atoms with van der Waals surface area (Å²) in [6.45, 7) is 2.07. The lowest BCUT2D eigenvalue weighted by Gasteiger charge is -2.31. The minimum atomic E-state index is -1.10. The van der Waals surface area contributed by atoms with Gasteiger partial charge in [0.1, 0.15) is 5.54 Å².